The van der Waals surface area contributed by atoms with Crippen molar-refractivity contribution in [2.24, 2.45) is 0 Å². The van der Waals surface area contributed by atoms with Crippen molar-refractivity contribution in [2.45, 2.75) is 19.8 Å². The van der Waals surface area contributed by atoms with E-state index in [9.17, 15) is 13.6 Å². The Kier molecular flexibility index (Phi) is 4.21. The first kappa shape index (κ1) is 12.1. The molecule has 0 atom stereocenters. The number of rotatable bonds is 4. The van der Waals surface area contributed by atoms with Crippen molar-refractivity contribution in [2.75, 3.05) is 5.88 Å². The van der Waals surface area contributed by atoms with Crippen LogP contribution in [0.3, 0.4) is 0 Å². The number of Topliss-reactive ketones (excluding diaryl/α,β-unsaturated/α-hetero) is 1. The van der Waals surface area contributed by atoms with Gasteiger partial charge in [0.1, 0.15) is 0 Å². The van der Waals surface area contributed by atoms with Gasteiger partial charge in [0.25, 0.3) is 6.43 Å². The molecule has 0 aliphatic carbocycles. The van der Waals surface area contributed by atoms with E-state index in [2.05, 4.69) is 0 Å². The zero-order chi connectivity index (χ0) is 11.4. The summed E-state index contributed by atoms with van der Waals surface area (Å²) in [7, 11) is 0. The molecule has 82 valence electrons. The molecule has 0 saturated heterocycles. The van der Waals surface area contributed by atoms with E-state index >= 15 is 0 Å². The summed E-state index contributed by atoms with van der Waals surface area (Å²) in [6, 6.07) is 4.58. The highest BCUT2D eigenvalue weighted by Crippen LogP contribution is 2.24. The fourth-order valence-corrected chi connectivity index (χ4v) is 1.49. The topological polar surface area (TPSA) is 17.1 Å². The smallest absolute Gasteiger partial charge is 0.264 e. The van der Waals surface area contributed by atoms with Gasteiger partial charge in [-0.15, -0.1) is 11.6 Å². The van der Waals surface area contributed by atoms with Crippen LogP contribution >= 0.6 is 11.6 Å². The molecule has 1 aromatic rings. The zero-order valence-electron chi connectivity index (χ0n) is 8.27. The molecule has 1 nitrogen and oxygen atoms in total. The number of carbonyl (C=O) groups is 1. The Morgan fingerprint density at radius 3 is 2.67 bits per heavy atom. The maximum atomic E-state index is 12.5. The molecule has 1 rings (SSSR count). The highest BCUT2D eigenvalue weighted by Gasteiger charge is 2.13. The summed E-state index contributed by atoms with van der Waals surface area (Å²) in [5, 5.41) is 0. The van der Waals surface area contributed by atoms with Gasteiger partial charge >= 0.3 is 0 Å². The molecule has 4 heteroatoms. The third kappa shape index (κ3) is 2.99. The first-order valence-corrected chi connectivity index (χ1v) is 5.04. The minimum absolute atomic E-state index is 0.0186. The summed E-state index contributed by atoms with van der Waals surface area (Å²) >= 11 is 5.36. The number of benzene rings is 1. The van der Waals surface area contributed by atoms with E-state index in [1.54, 1.807) is 13.0 Å². The lowest BCUT2D eigenvalue weighted by Crippen LogP contribution is -2.06. The van der Waals surface area contributed by atoms with Gasteiger partial charge in [0.15, 0.2) is 5.78 Å². The summed E-state index contributed by atoms with van der Waals surface area (Å²) in [6.45, 7) is 1.60. The quantitative estimate of drug-likeness (QED) is 0.728. The highest BCUT2D eigenvalue weighted by atomic mass is 35.5. The van der Waals surface area contributed by atoms with Crippen LogP contribution in [0.25, 0.3) is 0 Å². The number of alkyl halides is 3. The maximum Gasteiger partial charge on any atom is 0.264 e. The van der Waals surface area contributed by atoms with Crippen molar-refractivity contribution in [1.82, 2.24) is 0 Å². The summed E-state index contributed by atoms with van der Waals surface area (Å²) in [5.74, 6) is -0.246. The fraction of sp³-hybridized carbons (Fsp3) is 0.364. The van der Waals surface area contributed by atoms with Crippen LogP contribution in [0.2, 0.25) is 0 Å². The molecule has 0 aromatic heterocycles. The van der Waals surface area contributed by atoms with Gasteiger partial charge in [-0.25, -0.2) is 8.78 Å². The first-order valence-electron chi connectivity index (χ1n) is 4.50. The van der Waals surface area contributed by atoms with E-state index < -0.39 is 6.43 Å². The van der Waals surface area contributed by atoms with Crippen LogP contribution in [0.5, 0.6) is 0 Å². The van der Waals surface area contributed by atoms with Crippen molar-refractivity contribution in [3.63, 3.8) is 0 Å². The van der Waals surface area contributed by atoms with Crippen molar-refractivity contribution >= 4 is 17.4 Å². The first-order chi connectivity index (χ1) is 7.06. The lowest BCUT2D eigenvalue weighted by molar-refractivity contribution is -0.116. The molecular formula is C11H11ClF2O. The Balaban J connectivity index is 2.99. The molecule has 0 radical (unpaired) electrons. The maximum absolute atomic E-state index is 12.5. The summed E-state index contributed by atoms with van der Waals surface area (Å²) < 4.78 is 25.0. The Bertz CT molecular complexity index is 364. The summed E-state index contributed by atoms with van der Waals surface area (Å²) in [6.07, 6.45) is -2.38. The average Bonchev–Trinajstić information content (AvgIpc) is 2.20. The summed E-state index contributed by atoms with van der Waals surface area (Å²) in [5.41, 5.74) is 1.08. The standard InChI is InChI=1S/C11H11ClF2O/c1-7-8(5-9(15)6-12)3-2-4-10(7)11(13)14/h2-4,11H,5-6H2,1H3. The number of ketones is 1. The molecular weight excluding hydrogens is 222 g/mol. The predicted molar refractivity (Wildman–Crippen MR) is 55.6 cm³/mol. The molecule has 0 fully saturated rings. The monoisotopic (exact) mass is 232 g/mol. The molecule has 15 heavy (non-hydrogen) atoms. The largest absolute Gasteiger partial charge is 0.298 e. The van der Waals surface area contributed by atoms with Gasteiger partial charge in [0.2, 0.25) is 0 Å². The zero-order valence-corrected chi connectivity index (χ0v) is 9.02. The van der Waals surface area contributed by atoms with Crippen LogP contribution < -0.4 is 0 Å². The molecule has 0 spiro atoms. The number of hydrogen-bond donors (Lipinski definition) is 0. The van der Waals surface area contributed by atoms with E-state index in [0.717, 1.165) is 0 Å². The van der Waals surface area contributed by atoms with Crippen LogP contribution in [0.1, 0.15) is 23.1 Å². The van der Waals surface area contributed by atoms with Gasteiger partial charge in [-0.1, -0.05) is 18.2 Å². The van der Waals surface area contributed by atoms with Crippen LogP contribution in [-0.4, -0.2) is 11.7 Å². The van der Waals surface area contributed by atoms with Crippen molar-refractivity contribution in [3.8, 4) is 0 Å². The molecule has 0 amide bonds. The number of hydrogen-bond acceptors (Lipinski definition) is 1. The second-order valence-electron chi connectivity index (χ2n) is 3.28. The molecule has 0 bridgehead atoms. The molecule has 0 unspecified atom stereocenters. The van der Waals surface area contributed by atoms with Gasteiger partial charge in [-0.3, -0.25) is 4.79 Å². The molecule has 0 aliphatic rings. The van der Waals surface area contributed by atoms with Crippen LogP contribution in [-0.2, 0) is 11.2 Å². The van der Waals surface area contributed by atoms with Crippen LogP contribution in [0, 0.1) is 6.92 Å². The Morgan fingerprint density at radius 1 is 1.47 bits per heavy atom. The van der Waals surface area contributed by atoms with E-state index in [1.165, 1.54) is 12.1 Å². The van der Waals surface area contributed by atoms with E-state index in [1.807, 2.05) is 0 Å². The fourth-order valence-electron chi connectivity index (χ4n) is 1.39. The van der Waals surface area contributed by atoms with Crippen molar-refractivity contribution < 1.29 is 13.6 Å². The number of carbonyl (C=O) groups excluding carboxylic acids is 1. The van der Waals surface area contributed by atoms with E-state index in [-0.39, 0.29) is 23.6 Å². The Morgan fingerprint density at radius 2 is 2.13 bits per heavy atom. The van der Waals surface area contributed by atoms with E-state index in [4.69, 9.17) is 11.6 Å². The lowest BCUT2D eigenvalue weighted by atomic mass is 9.99. The normalized spacial score (nSPS) is 10.7. The molecule has 0 saturated carbocycles. The molecule has 1 aromatic carbocycles. The number of halogens is 3. The highest BCUT2D eigenvalue weighted by molar-refractivity contribution is 6.27. The molecule has 0 aliphatic heterocycles. The lowest BCUT2D eigenvalue weighted by Gasteiger charge is -2.09. The van der Waals surface area contributed by atoms with Crippen molar-refractivity contribution in [3.05, 3.63) is 34.9 Å². The minimum Gasteiger partial charge on any atom is -0.298 e. The SMILES string of the molecule is Cc1c(CC(=O)CCl)cccc1C(F)F. The van der Waals surface area contributed by atoms with Gasteiger partial charge in [0, 0.05) is 12.0 Å². The van der Waals surface area contributed by atoms with Gasteiger partial charge in [-0.05, 0) is 18.1 Å². The third-order valence-electron chi connectivity index (χ3n) is 2.26. The molecule has 0 N–H and O–H groups in total. The third-order valence-corrected chi connectivity index (χ3v) is 2.56. The Hall–Kier alpha value is -0.960. The van der Waals surface area contributed by atoms with Crippen LogP contribution in [0.15, 0.2) is 18.2 Å². The van der Waals surface area contributed by atoms with Crippen molar-refractivity contribution in [1.29, 1.82) is 0 Å². The minimum atomic E-state index is -2.50. The van der Waals surface area contributed by atoms with Gasteiger partial charge in [0.05, 0.1) is 5.88 Å². The summed E-state index contributed by atoms with van der Waals surface area (Å²) in [4.78, 5) is 11.1. The molecule has 0 heterocycles. The van der Waals surface area contributed by atoms with Crippen LogP contribution in [0.4, 0.5) is 8.78 Å². The predicted octanol–water partition coefficient (Wildman–Crippen LogP) is 3.28. The van der Waals surface area contributed by atoms with Gasteiger partial charge in [-0.2, -0.15) is 0 Å². The second-order valence-corrected chi connectivity index (χ2v) is 3.55. The second kappa shape index (κ2) is 5.21. The Labute approximate surface area is 92.1 Å². The van der Waals surface area contributed by atoms with Gasteiger partial charge < -0.3 is 0 Å². The average molecular weight is 233 g/mol. The van der Waals surface area contributed by atoms with E-state index in [0.29, 0.717) is 11.1 Å².